The smallest absolute Gasteiger partial charge is 0.350 e. The number of methoxy groups -OCH3 is 1. The third-order valence-corrected chi connectivity index (χ3v) is 4.70. The molecule has 0 fully saturated rings. The van der Waals surface area contributed by atoms with Crippen LogP contribution in [-0.2, 0) is 10.3 Å². The molecule has 0 aromatic carbocycles. The Labute approximate surface area is 119 Å². The lowest BCUT2D eigenvalue weighted by atomic mass is 10.1. The standard InChI is InChI=1S/C12H15N3O2S2/c1-7-8(9(16)17-4)19-11(14-7)15-12(2,3)10-13-5-6-18-10/h5-6H,1-4H3,(H,14,15). The Kier molecular flexibility index (Phi) is 3.86. The van der Waals surface area contributed by atoms with Crippen LogP contribution in [0.2, 0.25) is 0 Å². The van der Waals surface area contributed by atoms with Gasteiger partial charge in [0.2, 0.25) is 0 Å². The molecule has 2 aromatic heterocycles. The zero-order chi connectivity index (χ0) is 14.0. The van der Waals surface area contributed by atoms with Crippen LogP contribution in [0.5, 0.6) is 0 Å². The Balaban J connectivity index is 2.22. The van der Waals surface area contributed by atoms with Gasteiger partial charge in [-0.05, 0) is 20.8 Å². The van der Waals surface area contributed by atoms with Gasteiger partial charge in [-0.3, -0.25) is 0 Å². The molecular weight excluding hydrogens is 282 g/mol. The van der Waals surface area contributed by atoms with Crippen LogP contribution in [0.3, 0.4) is 0 Å². The third-order valence-electron chi connectivity index (χ3n) is 2.55. The highest BCUT2D eigenvalue weighted by atomic mass is 32.1. The molecule has 0 aliphatic rings. The van der Waals surface area contributed by atoms with Gasteiger partial charge in [0.25, 0.3) is 0 Å². The Morgan fingerprint density at radius 2 is 2.21 bits per heavy atom. The van der Waals surface area contributed by atoms with Crippen LogP contribution in [0.25, 0.3) is 0 Å². The molecule has 0 aliphatic heterocycles. The summed E-state index contributed by atoms with van der Waals surface area (Å²) in [5, 5.41) is 6.91. The van der Waals surface area contributed by atoms with Crippen molar-refractivity contribution in [2.24, 2.45) is 0 Å². The lowest BCUT2D eigenvalue weighted by Gasteiger charge is -2.23. The highest BCUT2D eigenvalue weighted by Crippen LogP contribution is 2.31. The van der Waals surface area contributed by atoms with E-state index < -0.39 is 0 Å². The first-order valence-electron chi connectivity index (χ1n) is 5.68. The van der Waals surface area contributed by atoms with E-state index in [0.717, 1.165) is 5.01 Å². The minimum atomic E-state index is -0.352. The largest absolute Gasteiger partial charge is 0.465 e. The molecule has 19 heavy (non-hydrogen) atoms. The number of carbonyl (C=O) groups is 1. The minimum absolute atomic E-state index is 0.328. The quantitative estimate of drug-likeness (QED) is 0.879. The molecular formula is C12H15N3O2S2. The van der Waals surface area contributed by atoms with Crippen LogP contribution < -0.4 is 5.32 Å². The van der Waals surface area contributed by atoms with Gasteiger partial charge in [0, 0.05) is 11.6 Å². The van der Waals surface area contributed by atoms with Crippen molar-refractivity contribution in [3.8, 4) is 0 Å². The van der Waals surface area contributed by atoms with E-state index in [-0.39, 0.29) is 11.5 Å². The number of ether oxygens (including phenoxy) is 1. The van der Waals surface area contributed by atoms with E-state index in [1.54, 1.807) is 24.5 Å². The summed E-state index contributed by atoms with van der Waals surface area (Å²) in [6.07, 6.45) is 1.77. The number of aryl methyl sites for hydroxylation is 1. The molecule has 2 heterocycles. The second-order valence-electron chi connectivity index (χ2n) is 4.51. The number of aromatic nitrogens is 2. The first-order valence-corrected chi connectivity index (χ1v) is 7.37. The molecule has 0 atom stereocenters. The number of hydrogen-bond acceptors (Lipinski definition) is 7. The summed E-state index contributed by atoms with van der Waals surface area (Å²) in [7, 11) is 1.37. The molecule has 0 amide bonds. The Hall–Kier alpha value is -1.47. The average Bonchev–Trinajstić information content (AvgIpc) is 2.97. The Morgan fingerprint density at radius 1 is 1.47 bits per heavy atom. The van der Waals surface area contributed by atoms with Gasteiger partial charge < -0.3 is 10.1 Å². The first-order chi connectivity index (χ1) is 8.94. The number of thiazole rings is 2. The zero-order valence-electron chi connectivity index (χ0n) is 11.2. The molecule has 1 N–H and O–H groups in total. The molecule has 0 aliphatic carbocycles. The van der Waals surface area contributed by atoms with E-state index in [9.17, 15) is 4.79 Å². The molecule has 0 spiro atoms. The van der Waals surface area contributed by atoms with Gasteiger partial charge in [-0.2, -0.15) is 0 Å². The van der Waals surface area contributed by atoms with E-state index in [4.69, 9.17) is 4.74 Å². The van der Waals surface area contributed by atoms with E-state index in [0.29, 0.717) is 15.7 Å². The lowest BCUT2D eigenvalue weighted by molar-refractivity contribution is 0.0605. The Bertz CT molecular complexity index is 576. The molecule has 5 nitrogen and oxygen atoms in total. The van der Waals surface area contributed by atoms with Crippen molar-refractivity contribution in [1.82, 2.24) is 9.97 Å². The monoisotopic (exact) mass is 297 g/mol. The lowest BCUT2D eigenvalue weighted by Crippen LogP contribution is -2.27. The van der Waals surface area contributed by atoms with Gasteiger partial charge in [-0.15, -0.1) is 11.3 Å². The van der Waals surface area contributed by atoms with Crippen molar-refractivity contribution in [2.45, 2.75) is 26.3 Å². The summed E-state index contributed by atoms with van der Waals surface area (Å²) in [6.45, 7) is 5.85. The average molecular weight is 297 g/mol. The number of anilines is 1. The van der Waals surface area contributed by atoms with Crippen LogP contribution in [0.4, 0.5) is 5.13 Å². The third kappa shape index (κ3) is 2.93. The molecule has 0 saturated carbocycles. The molecule has 2 aromatic rings. The number of hydrogen-bond donors (Lipinski definition) is 1. The predicted octanol–water partition coefficient (Wildman–Crippen LogP) is 3.04. The molecule has 0 saturated heterocycles. The predicted molar refractivity (Wildman–Crippen MR) is 77.0 cm³/mol. The van der Waals surface area contributed by atoms with Crippen LogP contribution >= 0.6 is 22.7 Å². The van der Waals surface area contributed by atoms with Crippen molar-refractivity contribution in [3.05, 3.63) is 27.2 Å². The number of carbonyl (C=O) groups excluding carboxylic acids is 1. The number of nitrogens with one attached hydrogen (secondary N) is 1. The van der Waals surface area contributed by atoms with E-state index in [1.807, 2.05) is 19.2 Å². The fourth-order valence-corrected chi connectivity index (χ4v) is 3.35. The van der Waals surface area contributed by atoms with Crippen LogP contribution in [0.15, 0.2) is 11.6 Å². The van der Waals surface area contributed by atoms with Crippen LogP contribution in [0.1, 0.15) is 34.2 Å². The molecule has 0 bridgehead atoms. The van der Waals surface area contributed by atoms with Crippen LogP contribution in [-0.4, -0.2) is 23.0 Å². The number of esters is 1. The maximum absolute atomic E-state index is 11.6. The summed E-state index contributed by atoms with van der Waals surface area (Å²) in [4.78, 5) is 20.7. The van der Waals surface area contributed by atoms with E-state index in [2.05, 4.69) is 15.3 Å². The van der Waals surface area contributed by atoms with Crippen LogP contribution in [0, 0.1) is 6.92 Å². The molecule has 0 radical (unpaired) electrons. The molecule has 102 valence electrons. The highest BCUT2D eigenvalue weighted by Gasteiger charge is 2.25. The molecule has 2 rings (SSSR count). The van der Waals surface area contributed by atoms with Gasteiger partial charge in [0.15, 0.2) is 5.13 Å². The van der Waals surface area contributed by atoms with Crippen molar-refractivity contribution in [3.63, 3.8) is 0 Å². The first kappa shape index (κ1) is 14.0. The van der Waals surface area contributed by atoms with Gasteiger partial charge in [-0.1, -0.05) is 11.3 Å². The molecule has 7 heteroatoms. The summed E-state index contributed by atoms with van der Waals surface area (Å²) in [5.41, 5.74) is 0.348. The topological polar surface area (TPSA) is 64.1 Å². The van der Waals surface area contributed by atoms with Gasteiger partial charge >= 0.3 is 5.97 Å². The second-order valence-corrected chi connectivity index (χ2v) is 6.41. The number of nitrogens with zero attached hydrogens (tertiary/aromatic N) is 2. The van der Waals surface area contributed by atoms with Crippen molar-refractivity contribution in [2.75, 3.05) is 12.4 Å². The van der Waals surface area contributed by atoms with Gasteiger partial charge in [0.05, 0.1) is 18.3 Å². The summed E-state index contributed by atoms with van der Waals surface area (Å²) >= 11 is 2.88. The fraction of sp³-hybridized carbons (Fsp3) is 0.417. The Morgan fingerprint density at radius 3 is 2.79 bits per heavy atom. The second kappa shape index (κ2) is 5.26. The zero-order valence-corrected chi connectivity index (χ0v) is 12.8. The van der Waals surface area contributed by atoms with Crippen molar-refractivity contribution in [1.29, 1.82) is 0 Å². The van der Waals surface area contributed by atoms with Gasteiger partial charge in [0.1, 0.15) is 9.88 Å². The summed E-state index contributed by atoms with van der Waals surface area (Å²) in [5.74, 6) is -0.352. The fourth-order valence-electron chi connectivity index (χ4n) is 1.58. The van der Waals surface area contributed by atoms with Crippen molar-refractivity contribution < 1.29 is 9.53 Å². The SMILES string of the molecule is COC(=O)c1sc(NC(C)(C)c2nccs2)nc1C. The minimum Gasteiger partial charge on any atom is -0.465 e. The van der Waals surface area contributed by atoms with E-state index >= 15 is 0 Å². The van der Waals surface area contributed by atoms with Crippen molar-refractivity contribution >= 4 is 33.8 Å². The van der Waals surface area contributed by atoms with E-state index in [1.165, 1.54) is 18.4 Å². The molecule has 0 unspecified atom stereocenters. The summed E-state index contributed by atoms with van der Waals surface area (Å²) in [6, 6.07) is 0. The highest BCUT2D eigenvalue weighted by molar-refractivity contribution is 7.17. The number of rotatable bonds is 4. The summed E-state index contributed by atoms with van der Waals surface area (Å²) < 4.78 is 4.73. The maximum Gasteiger partial charge on any atom is 0.350 e. The van der Waals surface area contributed by atoms with Gasteiger partial charge in [-0.25, -0.2) is 14.8 Å². The maximum atomic E-state index is 11.6. The normalized spacial score (nSPS) is 11.4.